The Kier molecular flexibility index (Phi) is 6.41. The van der Waals surface area contributed by atoms with E-state index in [9.17, 15) is 0 Å². The van der Waals surface area contributed by atoms with Gasteiger partial charge >= 0.3 is 18.9 Å². The van der Waals surface area contributed by atoms with Crippen molar-refractivity contribution in [2.75, 3.05) is 0 Å². The van der Waals surface area contributed by atoms with Gasteiger partial charge in [0, 0.05) is 0 Å². The van der Waals surface area contributed by atoms with Gasteiger partial charge in [-0.05, 0) is 24.5 Å². The summed E-state index contributed by atoms with van der Waals surface area (Å²) in [6.07, 6.45) is 3.79. The van der Waals surface area contributed by atoms with Gasteiger partial charge in [-0.3, -0.25) is 0 Å². The average Bonchev–Trinajstić information content (AvgIpc) is 2.03. The Morgan fingerprint density at radius 3 is 2.45 bits per heavy atom. The normalized spacial score (nSPS) is 8.82. The first-order chi connectivity index (χ1) is 4.93. The van der Waals surface area contributed by atoms with Crippen LogP contribution in [0.2, 0.25) is 0 Å². The van der Waals surface area contributed by atoms with Crippen LogP contribution in [0.5, 0.6) is 0 Å². The summed E-state index contributed by atoms with van der Waals surface area (Å²) in [6, 6.07) is 11.2. The van der Waals surface area contributed by atoms with E-state index in [1.165, 1.54) is 24.8 Å². The Bertz CT molecular complexity index is 169. The molecule has 0 atom stereocenters. The second-order valence-corrected chi connectivity index (χ2v) is 2.51. The van der Waals surface area contributed by atoms with Crippen LogP contribution in [0, 0.1) is 6.07 Å². The van der Waals surface area contributed by atoms with Crippen molar-refractivity contribution >= 4 is 18.9 Å². The zero-order valence-corrected chi connectivity index (χ0v) is 6.43. The van der Waals surface area contributed by atoms with Crippen LogP contribution < -0.4 is 0 Å². The number of unbranched alkanes of at least 4 members (excludes halogenated alkanes) is 1. The van der Waals surface area contributed by atoms with Gasteiger partial charge in [-0.15, -0.1) is 0 Å². The second-order valence-electron chi connectivity index (χ2n) is 2.51. The summed E-state index contributed by atoms with van der Waals surface area (Å²) in [5, 5.41) is 0. The van der Waals surface area contributed by atoms with Crippen molar-refractivity contribution in [2.24, 2.45) is 0 Å². The molecule has 0 saturated carbocycles. The molecule has 0 aromatic heterocycles. The summed E-state index contributed by atoms with van der Waals surface area (Å²) < 4.78 is 0. The van der Waals surface area contributed by atoms with E-state index >= 15 is 0 Å². The van der Waals surface area contributed by atoms with Crippen LogP contribution in [-0.2, 0) is 6.42 Å². The fourth-order valence-electron chi connectivity index (χ4n) is 0.969. The van der Waals surface area contributed by atoms with Crippen LogP contribution in [-0.4, -0.2) is 18.9 Å². The summed E-state index contributed by atoms with van der Waals surface area (Å²) >= 11 is 0. The summed E-state index contributed by atoms with van der Waals surface area (Å²) in [4.78, 5) is 0. The van der Waals surface area contributed by atoms with Gasteiger partial charge < -0.3 is 0 Å². The second kappa shape index (κ2) is 6.52. The molecule has 0 spiro atoms. The number of rotatable bonds is 3. The molecule has 1 radical (unpaired) electrons. The molecule has 0 heterocycles. The van der Waals surface area contributed by atoms with Crippen molar-refractivity contribution in [2.45, 2.75) is 26.2 Å². The van der Waals surface area contributed by atoms with Gasteiger partial charge in [0.1, 0.15) is 0 Å². The molecule has 0 amide bonds. The molecule has 0 fully saturated rings. The molecule has 0 bridgehead atoms. The van der Waals surface area contributed by atoms with E-state index in [0.29, 0.717) is 0 Å². The maximum absolute atomic E-state index is 3.01. The predicted octanol–water partition coefficient (Wildman–Crippen LogP) is 2.18. The summed E-state index contributed by atoms with van der Waals surface area (Å²) in [6.45, 7) is 2.22. The fourth-order valence-corrected chi connectivity index (χ4v) is 0.969. The standard InChI is InChI=1S/C10H13.Li.H/c1-2-3-7-10-8-5-4-6-9-10;;/h5-6,8-9H,2-3,7H2,1H3;;. The predicted molar refractivity (Wildman–Crippen MR) is 51.0 cm³/mol. The van der Waals surface area contributed by atoms with Crippen LogP contribution in [0.4, 0.5) is 0 Å². The third-order valence-corrected chi connectivity index (χ3v) is 1.61. The van der Waals surface area contributed by atoms with Gasteiger partial charge in [-0.25, -0.2) is 0 Å². The van der Waals surface area contributed by atoms with Crippen molar-refractivity contribution in [3.8, 4) is 0 Å². The first kappa shape index (κ1) is 10.8. The Morgan fingerprint density at radius 2 is 1.91 bits per heavy atom. The number of hydrogen-bond donors (Lipinski definition) is 0. The Hall–Kier alpha value is -0.183. The van der Waals surface area contributed by atoms with Crippen LogP contribution in [0.3, 0.4) is 0 Å². The topological polar surface area (TPSA) is 0 Å². The third-order valence-electron chi connectivity index (χ3n) is 1.61. The van der Waals surface area contributed by atoms with Gasteiger partial charge in [0.2, 0.25) is 0 Å². The maximum atomic E-state index is 3.01. The molecule has 0 aliphatic heterocycles. The number of benzene rings is 1. The molecule has 1 aromatic carbocycles. The monoisotopic (exact) mass is 141 g/mol. The van der Waals surface area contributed by atoms with Crippen molar-refractivity contribution < 1.29 is 0 Å². The van der Waals surface area contributed by atoms with Crippen LogP contribution >= 0.6 is 0 Å². The van der Waals surface area contributed by atoms with Gasteiger partial charge in [0.05, 0.1) is 0 Å². The van der Waals surface area contributed by atoms with Crippen molar-refractivity contribution in [1.82, 2.24) is 0 Å². The molecular formula is C10H14Li. The molecule has 0 aliphatic rings. The Balaban J connectivity index is 0.000001000. The first-order valence-corrected chi connectivity index (χ1v) is 3.88. The van der Waals surface area contributed by atoms with Crippen LogP contribution in [0.25, 0.3) is 0 Å². The van der Waals surface area contributed by atoms with Crippen molar-refractivity contribution in [3.63, 3.8) is 0 Å². The molecule has 0 nitrogen and oxygen atoms in total. The summed E-state index contributed by atoms with van der Waals surface area (Å²) in [5.74, 6) is 0. The molecule has 1 heteroatoms. The van der Waals surface area contributed by atoms with E-state index in [2.05, 4.69) is 25.1 Å². The first-order valence-electron chi connectivity index (χ1n) is 3.88. The molecule has 1 aromatic rings. The van der Waals surface area contributed by atoms with Crippen molar-refractivity contribution in [3.05, 3.63) is 35.9 Å². The molecular weight excluding hydrogens is 127 g/mol. The van der Waals surface area contributed by atoms with Crippen LogP contribution in [0.15, 0.2) is 24.3 Å². The zero-order valence-electron chi connectivity index (χ0n) is 6.43. The third kappa shape index (κ3) is 4.30. The fraction of sp³-hybridized carbons (Fsp3) is 0.400. The quantitative estimate of drug-likeness (QED) is 0.566. The summed E-state index contributed by atoms with van der Waals surface area (Å²) in [7, 11) is 0. The van der Waals surface area contributed by atoms with E-state index in [4.69, 9.17) is 0 Å². The Labute approximate surface area is 81.2 Å². The number of aryl methyl sites for hydroxylation is 1. The summed E-state index contributed by atoms with van der Waals surface area (Å²) in [5.41, 5.74) is 1.43. The van der Waals surface area contributed by atoms with E-state index in [0.717, 1.165) is 0 Å². The van der Waals surface area contributed by atoms with Gasteiger partial charge in [0.25, 0.3) is 0 Å². The molecule has 55 valence electrons. The molecule has 0 unspecified atom stereocenters. The molecule has 1 rings (SSSR count). The molecule has 0 N–H and O–H groups in total. The minimum absolute atomic E-state index is 0. The average molecular weight is 141 g/mol. The van der Waals surface area contributed by atoms with E-state index in [-0.39, 0.29) is 18.9 Å². The van der Waals surface area contributed by atoms with Gasteiger partial charge in [-0.1, -0.05) is 37.6 Å². The molecule has 0 saturated heterocycles. The van der Waals surface area contributed by atoms with Crippen molar-refractivity contribution in [1.29, 1.82) is 0 Å². The minimum atomic E-state index is 0. The number of hydrogen-bond acceptors (Lipinski definition) is 0. The van der Waals surface area contributed by atoms with Crippen LogP contribution in [0.1, 0.15) is 25.3 Å². The zero-order chi connectivity index (χ0) is 7.23. The van der Waals surface area contributed by atoms with E-state index in [1.807, 2.05) is 12.1 Å². The Morgan fingerprint density at radius 1 is 1.27 bits per heavy atom. The van der Waals surface area contributed by atoms with E-state index in [1.54, 1.807) is 0 Å². The SMILES string of the molecule is CCCCc1cc[c]cc1.[LiH]. The molecule has 0 aliphatic carbocycles. The van der Waals surface area contributed by atoms with E-state index < -0.39 is 0 Å². The van der Waals surface area contributed by atoms with Gasteiger partial charge in [0.15, 0.2) is 0 Å². The van der Waals surface area contributed by atoms with Gasteiger partial charge in [-0.2, -0.15) is 0 Å². The molecule has 11 heavy (non-hydrogen) atoms.